The van der Waals surface area contributed by atoms with Gasteiger partial charge in [-0.3, -0.25) is 0 Å². The molecule has 0 heterocycles. The van der Waals surface area contributed by atoms with Gasteiger partial charge in [0.1, 0.15) is 11.8 Å². The van der Waals surface area contributed by atoms with Gasteiger partial charge in [-0.1, -0.05) is 38.3 Å². The molecule has 2 N–H and O–H groups in total. The Balaban J connectivity index is 2.44. The van der Waals surface area contributed by atoms with Crippen LogP contribution in [0.5, 0.6) is 5.75 Å². The summed E-state index contributed by atoms with van der Waals surface area (Å²) >= 11 is 0. The van der Waals surface area contributed by atoms with Crippen molar-refractivity contribution in [1.29, 1.82) is 0 Å². The van der Waals surface area contributed by atoms with E-state index in [1.54, 1.807) is 0 Å². The predicted molar refractivity (Wildman–Crippen MR) is 69.1 cm³/mol. The summed E-state index contributed by atoms with van der Waals surface area (Å²) in [6.07, 6.45) is -0.0273. The molecule has 0 radical (unpaired) electrons. The van der Waals surface area contributed by atoms with Gasteiger partial charge in [0.05, 0.1) is 6.61 Å². The SMILES string of the molecule is CCCCCCOc1ccc([C@@H](N)C(F)(F)F)cc1. The first-order valence-electron chi connectivity index (χ1n) is 6.50. The molecule has 0 unspecified atom stereocenters. The lowest BCUT2D eigenvalue weighted by Gasteiger charge is -2.16. The van der Waals surface area contributed by atoms with Gasteiger partial charge in [-0.05, 0) is 24.1 Å². The third-order valence-corrected chi connectivity index (χ3v) is 2.86. The van der Waals surface area contributed by atoms with Crippen LogP contribution in [-0.4, -0.2) is 12.8 Å². The van der Waals surface area contributed by atoms with Crippen LogP contribution in [0.25, 0.3) is 0 Å². The number of nitrogens with two attached hydrogens (primary N) is 1. The first-order chi connectivity index (χ1) is 8.95. The minimum absolute atomic E-state index is 0.0471. The number of rotatable bonds is 7. The summed E-state index contributed by atoms with van der Waals surface area (Å²) in [4.78, 5) is 0. The highest BCUT2D eigenvalue weighted by Gasteiger charge is 2.37. The Bertz CT molecular complexity index is 362. The lowest BCUT2D eigenvalue weighted by Crippen LogP contribution is -2.28. The molecule has 0 aromatic heterocycles. The molecule has 0 saturated heterocycles. The molecule has 19 heavy (non-hydrogen) atoms. The van der Waals surface area contributed by atoms with Gasteiger partial charge >= 0.3 is 6.18 Å². The highest BCUT2D eigenvalue weighted by atomic mass is 19.4. The molecule has 0 aliphatic carbocycles. The minimum Gasteiger partial charge on any atom is -0.494 e. The van der Waals surface area contributed by atoms with Crippen LogP contribution in [0.2, 0.25) is 0 Å². The van der Waals surface area contributed by atoms with Crippen LogP contribution >= 0.6 is 0 Å². The fourth-order valence-corrected chi connectivity index (χ4v) is 1.68. The second kappa shape index (κ2) is 7.38. The van der Waals surface area contributed by atoms with E-state index in [1.807, 2.05) is 0 Å². The quantitative estimate of drug-likeness (QED) is 0.757. The van der Waals surface area contributed by atoms with Crippen LogP contribution in [0, 0.1) is 0 Å². The van der Waals surface area contributed by atoms with Gasteiger partial charge in [-0.15, -0.1) is 0 Å². The smallest absolute Gasteiger partial charge is 0.407 e. The molecule has 1 rings (SSSR count). The molecular formula is C14H20F3NO. The van der Waals surface area contributed by atoms with Crippen LogP contribution in [0.1, 0.15) is 44.2 Å². The van der Waals surface area contributed by atoms with Crippen LogP contribution < -0.4 is 10.5 Å². The van der Waals surface area contributed by atoms with Crippen molar-refractivity contribution >= 4 is 0 Å². The van der Waals surface area contributed by atoms with Gasteiger partial charge in [-0.2, -0.15) is 13.2 Å². The van der Waals surface area contributed by atoms with Crippen molar-refractivity contribution in [2.45, 2.75) is 44.8 Å². The van der Waals surface area contributed by atoms with Crippen LogP contribution in [-0.2, 0) is 0 Å². The molecule has 108 valence electrons. The second-order valence-corrected chi connectivity index (χ2v) is 4.50. The van der Waals surface area contributed by atoms with E-state index in [9.17, 15) is 13.2 Å². The number of ether oxygens (including phenoxy) is 1. The molecular weight excluding hydrogens is 255 g/mol. The van der Waals surface area contributed by atoms with Gasteiger partial charge in [0, 0.05) is 0 Å². The second-order valence-electron chi connectivity index (χ2n) is 4.50. The maximum absolute atomic E-state index is 12.4. The molecule has 1 aromatic rings. The van der Waals surface area contributed by atoms with Gasteiger partial charge in [0.2, 0.25) is 0 Å². The lowest BCUT2D eigenvalue weighted by atomic mass is 10.1. The molecule has 5 heteroatoms. The number of halogens is 3. The molecule has 0 aliphatic rings. The van der Waals surface area contributed by atoms with E-state index in [0.717, 1.165) is 19.3 Å². The first kappa shape index (κ1) is 15.8. The third-order valence-electron chi connectivity index (χ3n) is 2.86. The molecule has 0 bridgehead atoms. The Morgan fingerprint density at radius 3 is 2.26 bits per heavy atom. The van der Waals surface area contributed by atoms with E-state index < -0.39 is 12.2 Å². The number of alkyl halides is 3. The van der Waals surface area contributed by atoms with Crippen molar-refractivity contribution in [3.8, 4) is 5.75 Å². The molecule has 1 aromatic carbocycles. The average Bonchev–Trinajstić information content (AvgIpc) is 2.37. The predicted octanol–water partition coefficient (Wildman–Crippen LogP) is 4.21. The summed E-state index contributed by atoms with van der Waals surface area (Å²) in [5.41, 5.74) is 5.16. The van der Waals surface area contributed by atoms with Crippen molar-refractivity contribution < 1.29 is 17.9 Å². The summed E-state index contributed by atoms with van der Waals surface area (Å²) in [5.74, 6) is 0.578. The van der Waals surface area contributed by atoms with Gasteiger partial charge in [0.15, 0.2) is 0 Å². The van der Waals surface area contributed by atoms with E-state index in [0.29, 0.717) is 12.4 Å². The topological polar surface area (TPSA) is 35.2 Å². The minimum atomic E-state index is -4.41. The van der Waals surface area contributed by atoms with Gasteiger partial charge in [0.25, 0.3) is 0 Å². The molecule has 0 amide bonds. The monoisotopic (exact) mass is 275 g/mol. The van der Waals surface area contributed by atoms with Crippen LogP contribution in [0.15, 0.2) is 24.3 Å². The normalized spacial score (nSPS) is 13.3. The number of hydrogen-bond acceptors (Lipinski definition) is 2. The number of hydrogen-bond donors (Lipinski definition) is 1. The largest absolute Gasteiger partial charge is 0.494 e. The third kappa shape index (κ3) is 5.51. The first-order valence-corrected chi connectivity index (χ1v) is 6.50. The Hall–Kier alpha value is -1.23. The van der Waals surface area contributed by atoms with E-state index in [4.69, 9.17) is 10.5 Å². The zero-order chi connectivity index (χ0) is 14.3. The summed E-state index contributed by atoms with van der Waals surface area (Å²) < 4.78 is 42.7. The average molecular weight is 275 g/mol. The molecule has 1 atom stereocenters. The van der Waals surface area contributed by atoms with E-state index in [1.165, 1.54) is 30.7 Å². The number of benzene rings is 1. The van der Waals surface area contributed by atoms with Crippen LogP contribution in [0.3, 0.4) is 0 Å². The van der Waals surface area contributed by atoms with Crippen molar-refractivity contribution in [2.24, 2.45) is 5.73 Å². The maximum atomic E-state index is 12.4. The fourth-order valence-electron chi connectivity index (χ4n) is 1.68. The Morgan fingerprint density at radius 2 is 1.74 bits per heavy atom. The summed E-state index contributed by atoms with van der Waals surface area (Å²) in [6, 6.07) is 3.84. The van der Waals surface area contributed by atoms with Gasteiger partial charge < -0.3 is 10.5 Å². The van der Waals surface area contributed by atoms with E-state index >= 15 is 0 Å². The lowest BCUT2D eigenvalue weighted by molar-refractivity contribution is -0.149. The highest BCUT2D eigenvalue weighted by Crippen LogP contribution is 2.31. The standard InChI is InChI=1S/C14H20F3NO/c1-2-3-4-5-10-19-12-8-6-11(7-9-12)13(18)14(15,16)17/h6-9,13H,2-5,10,18H2,1H3/t13-/m1/s1. The molecule has 0 aliphatic heterocycles. The maximum Gasteiger partial charge on any atom is 0.407 e. The summed E-state index contributed by atoms with van der Waals surface area (Å²) in [6.45, 7) is 2.72. The van der Waals surface area contributed by atoms with Crippen LogP contribution in [0.4, 0.5) is 13.2 Å². The molecule has 2 nitrogen and oxygen atoms in total. The molecule has 0 fully saturated rings. The van der Waals surface area contributed by atoms with Crippen molar-refractivity contribution in [3.05, 3.63) is 29.8 Å². The van der Waals surface area contributed by atoms with Crippen molar-refractivity contribution in [2.75, 3.05) is 6.61 Å². The van der Waals surface area contributed by atoms with E-state index in [-0.39, 0.29) is 5.56 Å². The summed E-state index contributed by atoms with van der Waals surface area (Å²) in [7, 11) is 0. The zero-order valence-corrected chi connectivity index (χ0v) is 11.0. The Morgan fingerprint density at radius 1 is 1.11 bits per heavy atom. The van der Waals surface area contributed by atoms with Crippen molar-refractivity contribution in [3.63, 3.8) is 0 Å². The van der Waals surface area contributed by atoms with Crippen molar-refractivity contribution in [1.82, 2.24) is 0 Å². The van der Waals surface area contributed by atoms with Gasteiger partial charge in [-0.25, -0.2) is 0 Å². The van der Waals surface area contributed by atoms with E-state index in [2.05, 4.69) is 6.92 Å². The molecule has 0 spiro atoms. The fraction of sp³-hybridized carbons (Fsp3) is 0.571. The highest BCUT2D eigenvalue weighted by molar-refractivity contribution is 5.29. The molecule has 0 saturated carbocycles. The Labute approximate surface area is 111 Å². The zero-order valence-electron chi connectivity index (χ0n) is 11.0. The summed E-state index contributed by atoms with van der Waals surface area (Å²) in [5, 5.41) is 0. The Kier molecular flexibility index (Phi) is 6.15. The number of unbranched alkanes of at least 4 members (excludes halogenated alkanes) is 3.